The van der Waals surface area contributed by atoms with Gasteiger partial charge in [-0.25, -0.2) is 0 Å². The molecule has 0 aliphatic rings. The zero-order valence-corrected chi connectivity index (χ0v) is 42.3. The van der Waals surface area contributed by atoms with E-state index in [1.807, 2.05) is 34.0 Å². The van der Waals surface area contributed by atoms with Crippen molar-refractivity contribution in [3.05, 3.63) is 260 Å². The maximum absolute atomic E-state index is 2.55. The van der Waals surface area contributed by atoms with Gasteiger partial charge >= 0.3 is 0 Å². The smallest absolute Gasteiger partial charge is 0.103 e. The maximum atomic E-state index is 2.55. The molecule has 0 atom stereocenters. The normalized spacial score (nSPS) is 11.8. The Morgan fingerprint density at radius 1 is 0.311 bits per heavy atom. The van der Waals surface area contributed by atoms with Crippen LogP contribution in [0.4, 0.5) is 16.4 Å². The number of thiophene rings is 3. The topological polar surface area (TPSA) is 13.1 Å². The van der Waals surface area contributed by atoms with E-state index in [-0.39, 0.29) is 0 Å². The first-order valence-corrected chi connectivity index (χ1v) is 27.5. The quantitative estimate of drug-likeness (QED) is 0.140. The summed E-state index contributed by atoms with van der Waals surface area (Å²) in [4.78, 5) is 2.44. The lowest BCUT2D eigenvalue weighted by Crippen LogP contribution is -2.08. The maximum Gasteiger partial charge on any atom is 0.103 e. The van der Waals surface area contributed by atoms with E-state index in [0.29, 0.717) is 0 Å². The van der Waals surface area contributed by atoms with Crippen LogP contribution in [0.2, 0.25) is 0 Å². The minimum atomic E-state index is 1.11. The van der Waals surface area contributed by atoms with Crippen LogP contribution in [0, 0.1) is 0 Å². The molecule has 0 amide bonds. The summed E-state index contributed by atoms with van der Waals surface area (Å²) in [5, 5.41) is 8.41. The van der Waals surface area contributed by atoms with E-state index < -0.39 is 0 Å². The molecule has 0 radical (unpaired) electrons. The molecule has 0 saturated heterocycles. The second kappa shape index (κ2) is 17.5. The second-order valence-corrected chi connectivity index (χ2v) is 21.9. The first-order valence-electron chi connectivity index (χ1n) is 25.0. The summed E-state index contributed by atoms with van der Waals surface area (Å²) in [5.74, 6) is 0. The first kappa shape index (κ1) is 42.9. The summed E-state index contributed by atoms with van der Waals surface area (Å²) in [6.07, 6.45) is 0. The molecule has 0 saturated carbocycles. The summed E-state index contributed by atoms with van der Waals surface area (Å²) < 4.78 is 10.3. The van der Waals surface area contributed by atoms with Gasteiger partial charge in [0.25, 0.3) is 0 Å². The summed E-state index contributed by atoms with van der Waals surface area (Å²) in [6.45, 7) is 0. The third-order valence-corrected chi connectivity index (χ3v) is 18.2. The van der Waals surface area contributed by atoms with Crippen LogP contribution in [0.5, 0.6) is 0 Å². The van der Waals surface area contributed by atoms with Crippen LogP contribution in [0.1, 0.15) is 0 Å². The highest BCUT2D eigenvalue weighted by Gasteiger charge is 2.28. The number of anilines is 3. The summed E-state index contributed by atoms with van der Waals surface area (Å²) in [5.41, 5.74) is 19.1. The van der Waals surface area contributed by atoms with Gasteiger partial charge in [-0.2, -0.15) is 0 Å². The number of rotatable bonds is 9. The molecule has 0 unspecified atom stereocenters. The van der Waals surface area contributed by atoms with Gasteiger partial charge in [0, 0.05) is 22.7 Å². The van der Waals surface area contributed by atoms with Gasteiger partial charge in [-0.15, -0.1) is 34.0 Å². The van der Waals surface area contributed by atoms with E-state index in [0.717, 1.165) is 27.8 Å². The number of nitrogens with zero attached hydrogens (tertiary/aromatic N) is 3. The van der Waals surface area contributed by atoms with Gasteiger partial charge < -0.3 is 14.0 Å². The third kappa shape index (κ3) is 7.06. The average molecular weight is 998 g/mol. The molecule has 3 nitrogen and oxygen atoms in total. The van der Waals surface area contributed by atoms with Crippen molar-refractivity contribution < 1.29 is 0 Å². The average Bonchev–Trinajstić information content (AvgIpc) is 4.40. The largest absolute Gasteiger partial charge is 0.306 e. The molecule has 15 rings (SSSR count). The molecular weight excluding hydrogens is 955 g/mol. The van der Waals surface area contributed by atoms with Gasteiger partial charge in [0.15, 0.2) is 0 Å². The van der Waals surface area contributed by atoms with Gasteiger partial charge in [0.1, 0.15) is 5.00 Å². The van der Waals surface area contributed by atoms with Crippen molar-refractivity contribution >= 4 is 113 Å². The van der Waals surface area contributed by atoms with E-state index in [9.17, 15) is 0 Å². The first-order chi connectivity index (χ1) is 36.7. The molecule has 0 N–H and O–H groups in total. The van der Waals surface area contributed by atoms with Crippen molar-refractivity contribution in [1.29, 1.82) is 0 Å². The Morgan fingerprint density at radius 3 is 1.47 bits per heavy atom. The predicted octanol–water partition coefficient (Wildman–Crippen LogP) is 20.5. The number of hydrogen-bond donors (Lipinski definition) is 0. The highest BCUT2D eigenvalue weighted by Crippen LogP contribution is 2.53. The molecule has 0 fully saturated rings. The van der Waals surface area contributed by atoms with Gasteiger partial charge in [-0.3, -0.25) is 0 Å². The molecule has 6 heteroatoms. The Bertz CT molecular complexity index is 4470. The molecular formula is C68H43N3S3. The van der Waals surface area contributed by atoms with Crippen LogP contribution >= 0.6 is 34.0 Å². The van der Waals surface area contributed by atoms with Crippen molar-refractivity contribution in [2.45, 2.75) is 0 Å². The van der Waals surface area contributed by atoms with Crippen molar-refractivity contribution in [3.8, 4) is 55.9 Å². The highest BCUT2D eigenvalue weighted by molar-refractivity contribution is 7.34. The Kier molecular flexibility index (Phi) is 10.1. The van der Waals surface area contributed by atoms with Crippen molar-refractivity contribution in [3.63, 3.8) is 0 Å². The zero-order valence-electron chi connectivity index (χ0n) is 39.9. The van der Waals surface area contributed by atoms with Crippen LogP contribution in [0.25, 0.3) is 118 Å². The molecule has 10 aromatic carbocycles. The van der Waals surface area contributed by atoms with Gasteiger partial charge in [0.2, 0.25) is 0 Å². The fourth-order valence-corrected chi connectivity index (χ4v) is 14.7. The van der Waals surface area contributed by atoms with E-state index in [4.69, 9.17) is 0 Å². The molecule has 0 spiro atoms. The molecule has 5 heterocycles. The van der Waals surface area contributed by atoms with Crippen molar-refractivity contribution in [2.75, 3.05) is 4.90 Å². The molecule has 74 heavy (non-hydrogen) atoms. The SMILES string of the molecule is c1ccc(-c2ccc(N(c3ccc(-c4ccccc4)cc3)c3cc4c(s3)c3sc5c6sccc6n(-c6ccc(-c7ccc8ccccc8c7)cc6)c5c3n4-c3ccc(-c4cccc5ccccc45)cc3)cc2)cc1. The van der Waals surface area contributed by atoms with Crippen molar-refractivity contribution in [2.24, 2.45) is 0 Å². The minimum Gasteiger partial charge on any atom is -0.306 e. The highest BCUT2D eigenvalue weighted by atomic mass is 32.1. The lowest BCUT2D eigenvalue weighted by molar-refractivity contribution is 1.15. The predicted molar refractivity (Wildman–Crippen MR) is 320 cm³/mol. The number of benzene rings is 10. The van der Waals surface area contributed by atoms with Crippen molar-refractivity contribution in [1.82, 2.24) is 9.13 Å². The lowest BCUT2D eigenvalue weighted by Gasteiger charge is -2.24. The number of hydrogen-bond acceptors (Lipinski definition) is 4. The van der Waals surface area contributed by atoms with Gasteiger partial charge in [-0.05, 0) is 138 Å². The molecule has 0 aliphatic carbocycles. The van der Waals surface area contributed by atoms with E-state index in [1.165, 1.54) is 107 Å². The molecule has 15 aromatic rings. The number of fused-ring (bicyclic) bond motifs is 9. The minimum absolute atomic E-state index is 1.11. The fraction of sp³-hybridized carbons (Fsp3) is 0. The molecule has 0 bridgehead atoms. The second-order valence-electron chi connectivity index (χ2n) is 18.9. The summed E-state index contributed by atoms with van der Waals surface area (Å²) in [7, 11) is 0. The lowest BCUT2D eigenvalue weighted by atomic mass is 9.98. The summed E-state index contributed by atoms with van der Waals surface area (Å²) in [6, 6.07) is 93.3. The van der Waals surface area contributed by atoms with Gasteiger partial charge in [-0.1, -0.05) is 188 Å². The number of aromatic nitrogens is 2. The Balaban J connectivity index is 0.935. The molecule has 0 aliphatic heterocycles. The van der Waals surface area contributed by atoms with Crippen LogP contribution in [-0.2, 0) is 0 Å². The zero-order chi connectivity index (χ0) is 48.7. The van der Waals surface area contributed by atoms with E-state index in [2.05, 4.69) is 274 Å². The molecule has 348 valence electrons. The third-order valence-electron chi connectivity index (χ3n) is 14.7. The Morgan fingerprint density at radius 2 is 0.811 bits per heavy atom. The molecule has 5 aromatic heterocycles. The van der Waals surface area contributed by atoms with Gasteiger partial charge in [0.05, 0.1) is 40.9 Å². The van der Waals surface area contributed by atoms with Crippen LogP contribution in [-0.4, -0.2) is 9.13 Å². The monoisotopic (exact) mass is 997 g/mol. The van der Waals surface area contributed by atoms with E-state index in [1.54, 1.807) is 0 Å². The summed E-state index contributed by atoms with van der Waals surface area (Å²) >= 11 is 5.65. The fourth-order valence-electron chi connectivity index (χ4n) is 11.1. The van der Waals surface area contributed by atoms with Crippen LogP contribution in [0.15, 0.2) is 260 Å². The van der Waals surface area contributed by atoms with Crippen LogP contribution in [0.3, 0.4) is 0 Å². The standard InChI is InChI=1S/C68H43N3S3/c1-3-12-44(13-4-1)47-24-32-54(33-25-47)69(55-34-26-48(27-35-55)45-14-5-2-6-15-45)62-43-61-66(73-62)68-64(71(61)57-38-30-51(31-39-57)59-21-11-19-50-17-9-10-20-58(50)59)63-67(74-68)65-60(40-41-72-65)70(63)56-36-28-49(29-37-56)53-23-22-46-16-7-8-18-52(46)42-53/h1-43H. The Hall–Kier alpha value is -8.78. The van der Waals surface area contributed by atoms with E-state index >= 15 is 0 Å². The van der Waals surface area contributed by atoms with Crippen LogP contribution < -0.4 is 4.90 Å². The Labute approximate surface area is 439 Å².